The second kappa shape index (κ2) is 5.88. The number of rotatable bonds is 4. The molecule has 1 aromatic carbocycles. The maximum atomic E-state index is 4.70. The number of nitrogens with zero attached hydrogens (tertiary/aromatic N) is 2. The van der Waals surface area contributed by atoms with Gasteiger partial charge in [0.15, 0.2) is 0 Å². The zero-order valence-corrected chi connectivity index (χ0v) is 13.5. The molecule has 1 aromatic heterocycles. The molecule has 0 aliphatic heterocycles. The number of likely N-dealkylation sites (N-methyl/N-ethyl adjacent to an activating group) is 1. The Morgan fingerprint density at radius 2 is 2.00 bits per heavy atom. The first-order chi connectivity index (χ1) is 9.06. The van der Waals surface area contributed by atoms with Gasteiger partial charge in [-0.05, 0) is 54.9 Å². The van der Waals surface area contributed by atoms with Crippen molar-refractivity contribution < 1.29 is 0 Å². The van der Waals surface area contributed by atoms with Crippen LogP contribution in [0.1, 0.15) is 29.8 Å². The molecule has 0 saturated carbocycles. The normalized spacial score (nSPS) is 12.7. The molecule has 0 fully saturated rings. The van der Waals surface area contributed by atoms with Gasteiger partial charge in [0.25, 0.3) is 0 Å². The van der Waals surface area contributed by atoms with Crippen molar-refractivity contribution in [2.45, 2.75) is 26.7 Å². The van der Waals surface area contributed by atoms with Crippen molar-refractivity contribution in [2.24, 2.45) is 0 Å². The maximum absolute atomic E-state index is 4.70. The van der Waals surface area contributed by atoms with Gasteiger partial charge in [-0.2, -0.15) is 5.10 Å². The van der Waals surface area contributed by atoms with E-state index in [9.17, 15) is 0 Å². The largest absolute Gasteiger partial charge is 0.319 e. The highest BCUT2D eigenvalue weighted by Gasteiger charge is 2.18. The third-order valence-corrected chi connectivity index (χ3v) is 4.10. The van der Waals surface area contributed by atoms with Gasteiger partial charge in [-0.3, -0.25) is 0 Å². The van der Waals surface area contributed by atoms with Gasteiger partial charge in [0.1, 0.15) is 0 Å². The Morgan fingerprint density at radius 1 is 1.32 bits per heavy atom. The Hall–Kier alpha value is -1.13. The lowest BCUT2D eigenvalue weighted by Crippen LogP contribution is -2.15. The second-order valence-electron chi connectivity index (χ2n) is 4.91. The van der Waals surface area contributed by atoms with E-state index in [-0.39, 0.29) is 0 Å². The Balaban J connectivity index is 2.50. The second-order valence-corrected chi connectivity index (χ2v) is 5.76. The summed E-state index contributed by atoms with van der Waals surface area (Å²) in [5, 5.41) is 7.94. The number of benzene rings is 1. The van der Waals surface area contributed by atoms with Crippen LogP contribution in [-0.2, 0) is 0 Å². The van der Waals surface area contributed by atoms with E-state index in [1.54, 1.807) is 0 Å². The van der Waals surface area contributed by atoms with Crippen LogP contribution in [-0.4, -0.2) is 23.4 Å². The van der Waals surface area contributed by atoms with E-state index in [1.807, 2.05) is 29.9 Å². The summed E-state index contributed by atoms with van der Waals surface area (Å²) in [6.45, 7) is 7.42. The minimum atomic E-state index is 0.459. The minimum Gasteiger partial charge on any atom is -0.319 e. The predicted molar refractivity (Wildman–Crippen MR) is 83.1 cm³/mol. The number of halogens is 1. The van der Waals surface area contributed by atoms with Crippen LogP contribution >= 0.6 is 15.9 Å². The Morgan fingerprint density at radius 3 is 2.63 bits per heavy atom. The van der Waals surface area contributed by atoms with E-state index in [4.69, 9.17) is 5.10 Å². The number of aryl methyl sites for hydroxylation is 1. The fraction of sp³-hybridized carbons (Fsp3) is 0.400. The van der Waals surface area contributed by atoms with Gasteiger partial charge in [0.2, 0.25) is 0 Å². The van der Waals surface area contributed by atoms with Crippen molar-refractivity contribution in [1.29, 1.82) is 0 Å². The molecule has 0 radical (unpaired) electrons. The summed E-state index contributed by atoms with van der Waals surface area (Å²) in [4.78, 5) is 0. The fourth-order valence-electron chi connectivity index (χ4n) is 2.63. The lowest BCUT2D eigenvalue weighted by Gasteiger charge is -2.12. The van der Waals surface area contributed by atoms with Crippen molar-refractivity contribution in [3.63, 3.8) is 0 Å². The molecule has 102 valence electrons. The van der Waals surface area contributed by atoms with Crippen molar-refractivity contribution in [1.82, 2.24) is 15.1 Å². The Kier molecular flexibility index (Phi) is 4.42. The average molecular weight is 322 g/mol. The van der Waals surface area contributed by atoms with Gasteiger partial charge in [0, 0.05) is 22.3 Å². The zero-order chi connectivity index (χ0) is 14.0. The van der Waals surface area contributed by atoms with Gasteiger partial charge < -0.3 is 5.32 Å². The molecule has 1 N–H and O–H groups in total. The van der Waals surface area contributed by atoms with Gasteiger partial charge in [-0.25, -0.2) is 4.68 Å². The van der Waals surface area contributed by atoms with Gasteiger partial charge in [-0.15, -0.1) is 0 Å². The summed E-state index contributed by atoms with van der Waals surface area (Å²) >= 11 is 3.60. The monoisotopic (exact) mass is 321 g/mol. The van der Waals surface area contributed by atoms with Crippen molar-refractivity contribution in [3.05, 3.63) is 45.7 Å². The Bertz CT molecular complexity index is 575. The maximum Gasteiger partial charge on any atom is 0.0790 e. The van der Waals surface area contributed by atoms with Crippen molar-refractivity contribution in [2.75, 3.05) is 13.6 Å². The molecule has 0 saturated heterocycles. The third kappa shape index (κ3) is 2.74. The van der Waals surface area contributed by atoms with Gasteiger partial charge in [0.05, 0.1) is 11.4 Å². The molecule has 1 unspecified atom stereocenters. The molecule has 0 bridgehead atoms. The summed E-state index contributed by atoms with van der Waals surface area (Å²) in [6, 6.07) is 8.18. The standard InChI is InChI=1S/C15H20BrN3/c1-10(9-17-4)15-11(2)18-19(12(15)3)14-8-6-5-7-13(14)16/h5-8,10,17H,9H2,1-4H3. The van der Waals surface area contributed by atoms with E-state index in [2.05, 4.69) is 48.1 Å². The molecule has 0 aliphatic carbocycles. The molecule has 1 atom stereocenters. The van der Waals surface area contributed by atoms with Crippen molar-refractivity contribution >= 4 is 15.9 Å². The highest BCUT2D eigenvalue weighted by Crippen LogP contribution is 2.28. The van der Waals surface area contributed by atoms with Crippen LogP contribution in [0, 0.1) is 13.8 Å². The zero-order valence-electron chi connectivity index (χ0n) is 11.9. The van der Waals surface area contributed by atoms with E-state index in [0.29, 0.717) is 5.92 Å². The minimum absolute atomic E-state index is 0.459. The molecule has 19 heavy (non-hydrogen) atoms. The molecule has 0 amide bonds. The number of para-hydroxylation sites is 1. The fourth-order valence-corrected chi connectivity index (χ4v) is 3.09. The smallest absolute Gasteiger partial charge is 0.0790 e. The summed E-state index contributed by atoms with van der Waals surface area (Å²) in [5.41, 5.74) is 4.75. The molecule has 2 aromatic rings. The summed E-state index contributed by atoms with van der Waals surface area (Å²) in [5.74, 6) is 0.459. The van der Waals surface area contributed by atoms with Crippen LogP contribution in [0.2, 0.25) is 0 Å². The molecule has 0 aliphatic rings. The summed E-state index contributed by atoms with van der Waals surface area (Å²) < 4.78 is 3.09. The lowest BCUT2D eigenvalue weighted by molar-refractivity contribution is 0.670. The highest BCUT2D eigenvalue weighted by molar-refractivity contribution is 9.10. The van der Waals surface area contributed by atoms with Crippen LogP contribution in [0.15, 0.2) is 28.7 Å². The predicted octanol–water partition coefficient (Wildman–Crippen LogP) is 3.57. The Labute approximate surface area is 123 Å². The molecular formula is C15H20BrN3. The van der Waals surface area contributed by atoms with Crippen LogP contribution in [0.3, 0.4) is 0 Å². The summed E-state index contributed by atoms with van der Waals surface area (Å²) in [6.07, 6.45) is 0. The highest BCUT2D eigenvalue weighted by atomic mass is 79.9. The quantitative estimate of drug-likeness (QED) is 0.932. The molecule has 3 nitrogen and oxygen atoms in total. The van der Waals surface area contributed by atoms with Crippen LogP contribution < -0.4 is 5.32 Å². The number of aromatic nitrogens is 2. The van der Waals surface area contributed by atoms with Gasteiger partial charge in [-0.1, -0.05) is 19.1 Å². The van der Waals surface area contributed by atoms with E-state index in [1.165, 1.54) is 11.3 Å². The summed E-state index contributed by atoms with van der Waals surface area (Å²) in [7, 11) is 1.99. The van der Waals surface area contributed by atoms with Crippen LogP contribution in [0.5, 0.6) is 0 Å². The molecule has 0 spiro atoms. The van der Waals surface area contributed by atoms with Gasteiger partial charge >= 0.3 is 0 Å². The first-order valence-corrected chi connectivity index (χ1v) is 7.31. The number of hydrogen-bond acceptors (Lipinski definition) is 2. The molecule has 1 heterocycles. The lowest BCUT2D eigenvalue weighted by atomic mass is 9.99. The van der Waals surface area contributed by atoms with E-state index < -0.39 is 0 Å². The number of nitrogens with one attached hydrogen (secondary N) is 1. The molecule has 2 rings (SSSR count). The third-order valence-electron chi connectivity index (χ3n) is 3.43. The van der Waals surface area contributed by atoms with Crippen molar-refractivity contribution in [3.8, 4) is 5.69 Å². The first-order valence-electron chi connectivity index (χ1n) is 6.51. The molecular weight excluding hydrogens is 302 g/mol. The SMILES string of the molecule is CNCC(C)c1c(C)nn(-c2ccccc2Br)c1C. The van der Waals surface area contributed by atoms with E-state index in [0.717, 1.165) is 22.4 Å². The molecule has 4 heteroatoms. The average Bonchev–Trinajstić information content (AvgIpc) is 2.66. The topological polar surface area (TPSA) is 29.9 Å². The van der Waals surface area contributed by atoms with Crippen LogP contribution in [0.25, 0.3) is 5.69 Å². The van der Waals surface area contributed by atoms with Crippen LogP contribution in [0.4, 0.5) is 0 Å². The first kappa shape index (κ1) is 14.3. The van der Waals surface area contributed by atoms with E-state index >= 15 is 0 Å². The number of hydrogen-bond donors (Lipinski definition) is 1.